The van der Waals surface area contributed by atoms with Crippen molar-refractivity contribution in [2.45, 2.75) is 6.92 Å². The number of amides is 1. The van der Waals surface area contributed by atoms with Crippen LogP contribution in [0.4, 0.5) is 10.5 Å². The average Bonchev–Trinajstić information content (AvgIpc) is 2.21. The highest BCUT2D eigenvalue weighted by atomic mass is 79.9. The van der Waals surface area contributed by atoms with Crippen LogP contribution in [-0.4, -0.2) is 19.0 Å². The Kier molecular flexibility index (Phi) is 4.30. The van der Waals surface area contributed by atoms with E-state index < -0.39 is 6.09 Å². The molecule has 15 heavy (non-hydrogen) atoms. The molecule has 1 aromatic carbocycles. The third kappa shape index (κ3) is 3.36. The van der Waals surface area contributed by atoms with Crippen molar-refractivity contribution in [3.63, 3.8) is 0 Å². The van der Waals surface area contributed by atoms with E-state index in [1.165, 1.54) is 0 Å². The highest BCUT2D eigenvalue weighted by Crippen LogP contribution is 2.23. The monoisotopic (exact) mass is 271 g/mol. The number of rotatable bonds is 3. The second-order valence-electron chi connectivity index (χ2n) is 2.70. The van der Waals surface area contributed by atoms with Gasteiger partial charge >= 0.3 is 6.09 Å². The summed E-state index contributed by atoms with van der Waals surface area (Å²) in [5, 5.41) is 2.54. The zero-order valence-electron chi connectivity index (χ0n) is 8.12. The molecule has 1 rings (SSSR count). The lowest BCUT2D eigenvalue weighted by Crippen LogP contribution is -2.13. The third-order valence-electron chi connectivity index (χ3n) is 1.64. The summed E-state index contributed by atoms with van der Waals surface area (Å²) >= 11 is 3.24. The van der Waals surface area contributed by atoms with Gasteiger partial charge in [0.1, 0.15) is 6.29 Å². The molecular formula is C10H10BrNO3. The predicted octanol–water partition coefficient (Wildman–Crippen LogP) is 2.83. The molecule has 5 heteroatoms. The number of carbonyl (C=O) groups excluding carboxylic acids is 2. The molecular weight excluding hydrogens is 262 g/mol. The van der Waals surface area contributed by atoms with Gasteiger partial charge in [-0.2, -0.15) is 0 Å². The molecule has 0 atom stereocenters. The smallest absolute Gasteiger partial charge is 0.411 e. The Bertz CT molecular complexity index is 379. The number of hydrogen-bond acceptors (Lipinski definition) is 3. The fraction of sp³-hybridized carbons (Fsp3) is 0.200. The van der Waals surface area contributed by atoms with Gasteiger partial charge in [-0.1, -0.05) is 0 Å². The van der Waals surface area contributed by atoms with Crippen LogP contribution in [0.3, 0.4) is 0 Å². The lowest BCUT2D eigenvalue weighted by atomic mass is 10.2. The zero-order valence-corrected chi connectivity index (χ0v) is 9.71. The Morgan fingerprint density at radius 1 is 1.60 bits per heavy atom. The summed E-state index contributed by atoms with van der Waals surface area (Å²) in [4.78, 5) is 21.6. The van der Waals surface area contributed by atoms with E-state index in [1.807, 2.05) is 0 Å². The minimum atomic E-state index is -0.517. The summed E-state index contributed by atoms with van der Waals surface area (Å²) in [6.07, 6.45) is 0.218. The molecule has 0 unspecified atom stereocenters. The zero-order chi connectivity index (χ0) is 11.3. The molecule has 0 aliphatic heterocycles. The maximum absolute atomic E-state index is 11.1. The fourth-order valence-corrected chi connectivity index (χ4v) is 1.48. The van der Waals surface area contributed by atoms with Gasteiger partial charge in [-0.05, 0) is 41.1 Å². The summed E-state index contributed by atoms with van der Waals surface area (Å²) in [7, 11) is 0. The molecule has 0 aromatic heterocycles. The van der Waals surface area contributed by atoms with Crippen LogP contribution < -0.4 is 5.32 Å². The van der Waals surface area contributed by atoms with E-state index in [-0.39, 0.29) is 0 Å². The molecule has 0 saturated carbocycles. The summed E-state index contributed by atoms with van der Waals surface area (Å²) < 4.78 is 5.36. The van der Waals surface area contributed by atoms with E-state index in [4.69, 9.17) is 4.74 Å². The first-order chi connectivity index (χ1) is 7.17. The van der Waals surface area contributed by atoms with Crippen molar-refractivity contribution in [2.24, 2.45) is 0 Å². The normalized spacial score (nSPS) is 9.47. The molecule has 1 N–H and O–H groups in total. The molecule has 0 fully saturated rings. The van der Waals surface area contributed by atoms with Crippen molar-refractivity contribution in [2.75, 3.05) is 11.9 Å². The highest BCUT2D eigenvalue weighted by Gasteiger charge is 2.05. The van der Waals surface area contributed by atoms with Gasteiger partial charge in [0.15, 0.2) is 0 Å². The largest absolute Gasteiger partial charge is 0.450 e. The maximum Gasteiger partial charge on any atom is 0.411 e. The van der Waals surface area contributed by atoms with Crippen LogP contribution in [0.2, 0.25) is 0 Å². The number of benzene rings is 1. The molecule has 1 amide bonds. The van der Waals surface area contributed by atoms with Gasteiger partial charge in [0.25, 0.3) is 0 Å². The molecule has 80 valence electrons. The number of anilines is 1. The number of ether oxygens (including phenoxy) is 1. The van der Waals surface area contributed by atoms with Crippen LogP contribution in [0.25, 0.3) is 0 Å². The topological polar surface area (TPSA) is 55.4 Å². The third-order valence-corrected chi connectivity index (χ3v) is 2.30. The van der Waals surface area contributed by atoms with E-state index in [0.29, 0.717) is 22.3 Å². The summed E-state index contributed by atoms with van der Waals surface area (Å²) in [5.41, 5.74) is 1.11. The summed E-state index contributed by atoms with van der Waals surface area (Å²) in [6, 6.07) is 4.86. The van der Waals surface area contributed by atoms with Crippen LogP contribution in [0.1, 0.15) is 17.3 Å². The van der Waals surface area contributed by atoms with Gasteiger partial charge in [0, 0.05) is 10.0 Å². The van der Waals surface area contributed by atoms with Crippen LogP contribution in [0.15, 0.2) is 22.7 Å². The lowest BCUT2D eigenvalue weighted by Gasteiger charge is -2.07. The molecule has 0 spiro atoms. The van der Waals surface area contributed by atoms with Gasteiger partial charge in [-0.25, -0.2) is 4.79 Å². The number of hydrogen-bond donors (Lipinski definition) is 1. The molecule has 1 aromatic rings. The number of halogens is 1. The standard InChI is InChI=1S/C10H10BrNO3/c1-2-15-10(14)12-9-4-3-7(6-13)5-8(9)11/h3-6H,2H2,1H3,(H,12,14). The number of aldehydes is 1. The van der Waals surface area contributed by atoms with E-state index in [0.717, 1.165) is 6.29 Å². The van der Waals surface area contributed by atoms with Crippen molar-refractivity contribution in [1.82, 2.24) is 0 Å². The Morgan fingerprint density at radius 2 is 2.33 bits per heavy atom. The Hall–Kier alpha value is -1.36. The second-order valence-corrected chi connectivity index (χ2v) is 3.56. The van der Waals surface area contributed by atoms with Crippen LogP contribution in [-0.2, 0) is 4.74 Å². The van der Waals surface area contributed by atoms with Gasteiger partial charge in [-0.3, -0.25) is 10.1 Å². The van der Waals surface area contributed by atoms with E-state index in [9.17, 15) is 9.59 Å². The van der Waals surface area contributed by atoms with E-state index in [2.05, 4.69) is 21.2 Å². The average molecular weight is 272 g/mol. The Labute approximate surface area is 95.7 Å². The molecule has 0 heterocycles. The first-order valence-electron chi connectivity index (χ1n) is 4.36. The SMILES string of the molecule is CCOC(=O)Nc1ccc(C=O)cc1Br. The Morgan fingerprint density at radius 3 is 2.87 bits per heavy atom. The van der Waals surface area contributed by atoms with Crippen LogP contribution >= 0.6 is 15.9 Å². The minimum Gasteiger partial charge on any atom is -0.450 e. The van der Waals surface area contributed by atoms with Gasteiger partial charge in [0.05, 0.1) is 12.3 Å². The van der Waals surface area contributed by atoms with Gasteiger partial charge in [0.2, 0.25) is 0 Å². The summed E-state index contributed by atoms with van der Waals surface area (Å²) in [6.45, 7) is 2.04. The first-order valence-corrected chi connectivity index (χ1v) is 5.15. The van der Waals surface area contributed by atoms with Crippen LogP contribution in [0.5, 0.6) is 0 Å². The molecule has 0 saturated heterocycles. The van der Waals surface area contributed by atoms with Crippen molar-refractivity contribution in [3.8, 4) is 0 Å². The van der Waals surface area contributed by atoms with Crippen molar-refractivity contribution in [1.29, 1.82) is 0 Å². The second kappa shape index (κ2) is 5.50. The number of nitrogens with one attached hydrogen (secondary N) is 1. The molecule has 4 nitrogen and oxygen atoms in total. The molecule has 0 aliphatic carbocycles. The first kappa shape index (κ1) is 11.7. The highest BCUT2D eigenvalue weighted by molar-refractivity contribution is 9.10. The van der Waals surface area contributed by atoms with E-state index >= 15 is 0 Å². The number of carbonyl (C=O) groups is 2. The summed E-state index contributed by atoms with van der Waals surface area (Å²) in [5.74, 6) is 0. The van der Waals surface area contributed by atoms with Crippen molar-refractivity contribution < 1.29 is 14.3 Å². The maximum atomic E-state index is 11.1. The van der Waals surface area contributed by atoms with Gasteiger partial charge in [-0.15, -0.1) is 0 Å². The van der Waals surface area contributed by atoms with E-state index in [1.54, 1.807) is 25.1 Å². The quantitative estimate of drug-likeness (QED) is 0.861. The molecule has 0 radical (unpaired) electrons. The molecule has 0 bridgehead atoms. The van der Waals surface area contributed by atoms with Crippen LogP contribution in [0, 0.1) is 0 Å². The fourth-order valence-electron chi connectivity index (χ4n) is 0.983. The van der Waals surface area contributed by atoms with Crippen molar-refractivity contribution >= 4 is 34.0 Å². The van der Waals surface area contributed by atoms with Gasteiger partial charge < -0.3 is 4.74 Å². The minimum absolute atomic E-state index is 0.315. The molecule has 0 aliphatic rings. The predicted molar refractivity (Wildman–Crippen MR) is 60.2 cm³/mol. The lowest BCUT2D eigenvalue weighted by molar-refractivity contribution is 0.112. The Balaban J connectivity index is 2.78. The van der Waals surface area contributed by atoms with Crippen molar-refractivity contribution in [3.05, 3.63) is 28.2 Å².